The maximum Gasteiger partial charge on any atom is 0.227 e. The van der Waals surface area contributed by atoms with Gasteiger partial charge in [0, 0.05) is 17.7 Å². The zero-order valence-corrected chi connectivity index (χ0v) is 11.9. The molecule has 0 N–H and O–H groups in total. The second-order valence-corrected chi connectivity index (χ2v) is 4.98. The van der Waals surface area contributed by atoms with E-state index in [1.54, 1.807) is 41.1 Å². The highest BCUT2D eigenvalue weighted by molar-refractivity contribution is 5.95. The van der Waals surface area contributed by atoms with Gasteiger partial charge in [0.25, 0.3) is 0 Å². The second kappa shape index (κ2) is 6.31. The minimum atomic E-state index is -0.297. The quantitative estimate of drug-likeness (QED) is 0.531. The molecule has 3 heteroatoms. The molecule has 2 aromatic carbocycles. The van der Waals surface area contributed by atoms with Crippen molar-refractivity contribution in [2.45, 2.75) is 6.54 Å². The van der Waals surface area contributed by atoms with Gasteiger partial charge in [0.15, 0.2) is 6.20 Å². The van der Waals surface area contributed by atoms with E-state index >= 15 is 0 Å². The van der Waals surface area contributed by atoms with Crippen molar-refractivity contribution in [2.24, 2.45) is 0 Å². The third-order valence-corrected chi connectivity index (χ3v) is 3.50. The predicted molar refractivity (Wildman–Crippen MR) is 82.8 cm³/mol. The molecule has 0 spiro atoms. The SMILES string of the molecule is O=C(C[n+]1ccccc1-c1ccccc1F)c1ccccc1. The number of benzene rings is 2. The summed E-state index contributed by atoms with van der Waals surface area (Å²) >= 11 is 0. The minimum Gasteiger partial charge on any atom is -0.287 e. The van der Waals surface area contributed by atoms with Crippen LogP contribution in [0.5, 0.6) is 0 Å². The van der Waals surface area contributed by atoms with E-state index in [1.807, 2.05) is 36.4 Å². The Bertz CT molecular complexity index is 799. The Hall–Kier alpha value is -2.81. The minimum absolute atomic E-state index is 0.00520. The number of rotatable bonds is 4. The van der Waals surface area contributed by atoms with Crippen LogP contribution in [0.1, 0.15) is 10.4 Å². The van der Waals surface area contributed by atoms with Crippen molar-refractivity contribution < 1.29 is 13.8 Å². The van der Waals surface area contributed by atoms with Crippen LogP contribution in [0.25, 0.3) is 11.3 Å². The van der Waals surface area contributed by atoms with Crippen LogP contribution >= 0.6 is 0 Å². The van der Waals surface area contributed by atoms with Crippen LogP contribution in [0.4, 0.5) is 4.39 Å². The van der Waals surface area contributed by atoms with E-state index in [2.05, 4.69) is 0 Å². The van der Waals surface area contributed by atoms with Crippen LogP contribution < -0.4 is 4.57 Å². The van der Waals surface area contributed by atoms with Gasteiger partial charge >= 0.3 is 0 Å². The highest BCUT2D eigenvalue weighted by atomic mass is 19.1. The van der Waals surface area contributed by atoms with Crippen molar-refractivity contribution >= 4 is 5.78 Å². The summed E-state index contributed by atoms with van der Waals surface area (Å²) in [5.41, 5.74) is 1.83. The molecule has 108 valence electrons. The van der Waals surface area contributed by atoms with E-state index in [9.17, 15) is 9.18 Å². The van der Waals surface area contributed by atoms with Crippen molar-refractivity contribution in [1.29, 1.82) is 0 Å². The van der Waals surface area contributed by atoms with Gasteiger partial charge < -0.3 is 0 Å². The lowest BCUT2D eigenvalue weighted by atomic mass is 10.1. The lowest BCUT2D eigenvalue weighted by Gasteiger charge is -2.05. The molecule has 0 saturated carbocycles. The molecular weight excluding hydrogens is 277 g/mol. The van der Waals surface area contributed by atoms with Crippen LogP contribution in [0.3, 0.4) is 0 Å². The van der Waals surface area contributed by atoms with E-state index in [0.717, 1.165) is 0 Å². The fraction of sp³-hybridized carbons (Fsp3) is 0.0526. The van der Waals surface area contributed by atoms with Gasteiger partial charge in [-0.1, -0.05) is 42.5 Å². The summed E-state index contributed by atoms with van der Waals surface area (Å²) in [6.45, 7) is 0.175. The first-order valence-corrected chi connectivity index (χ1v) is 7.07. The van der Waals surface area contributed by atoms with Crippen LogP contribution in [0, 0.1) is 5.82 Å². The van der Waals surface area contributed by atoms with Crippen molar-refractivity contribution in [2.75, 3.05) is 0 Å². The molecule has 0 bridgehead atoms. The number of ketones is 1. The Morgan fingerprint density at radius 3 is 2.32 bits per heavy atom. The standard InChI is InChI=1S/C19H15FNO/c20-17-11-5-4-10-16(17)18-12-6-7-13-21(18)14-19(22)15-8-2-1-3-9-15/h1-13H,14H2/q+1. The predicted octanol–water partition coefficient (Wildman–Crippen LogP) is 3.66. The Kier molecular flexibility index (Phi) is 4.05. The summed E-state index contributed by atoms with van der Waals surface area (Å²) in [6.07, 6.45) is 1.79. The maximum absolute atomic E-state index is 14.0. The summed E-state index contributed by atoms with van der Waals surface area (Å²) < 4.78 is 15.8. The Labute approximate surface area is 128 Å². The molecular formula is C19H15FNO+. The highest BCUT2D eigenvalue weighted by Crippen LogP contribution is 2.18. The molecule has 0 aliphatic carbocycles. The summed E-state index contributed by atoms with van der Waals surface area (Å²) in [7, 11) is 0. The van der Waals surface area contributed by atoms with E-state index in [-0.39, 0.29) is 18.1 Å². The number of Topliss-reactive ketones (excluding diaryl/α,β-unsaturated/α-hetero) is 1. The average Bonchev–Trinajstić information content (AvgIpc) is 2.57. The molecule has 1 heterocycles. The van der Waals surface area contributed by atoms with Gasteiger partial charge in [0.05, 0.1) is 5.56 Å². The first-order valence-electron chi connectivity index (χ1n) is 7.07. The molecule has 0 aliphatic heterocycles. The second-order valence-electron chi connectivity index (χ2n) is 4.98. The zero-order chi connectivity index (χ0) is 15.4. The lowest BCUT2D eigenvalue weighted by molar-refractivity contribution is -0.672. The van der Waals surface area contributed by atoms with E-state index < -0.39 is 0 Å². The number of hydrogen-bond acceptors (Lipinski definition) is 1. The molecule has 0 amide bonds. The molecule has 3 rings (SSSR count). The zero-order valence-electron chi connectivity index (χ0n) is 11.9. The van der Waals surface area contributed by atoms with Crippen molar-refractivity contribution in [3.8, 4) is 11.3 Å². The molecule has 0 atom stereocenters. The Morgan fingerprint density at radius 1 is 0.864 bits per heavy atom. The number of aromatic nitrogens is 1. The number of pyridine rings is 1. The molecule has 0 fully saturated rings. The number of hydrogen-bond donors (Lipinski definition) is 0. The van der Waals surface area contributed by atoms with Gasteiger partial charge in [-0.2, -0.15) is 4.57 Å². The summed E-state index contributed by atoms with van der Waals surface area (Å²) in [5, 5.41) is 0. The van der Waals surface area contributed by atoms with Gasteiger partial charge in [-0.15, -0.1) is 0 Å². The van der Waals surface area contributed by atoms with Crippen LogP contribution in [-0.2, 0) is 6.54 Å². The summed E-state index contributed by atoms with van der Waals surface area (Å²) in [6, 6.07) is 21.2. The topological polar surface area (TPSA) is 20.9 Å². The largest absolute Gasteiger partial charge is 0.287 e. The van der Waals surface area contributed by atoms with Gasteiger partial charge in [0.1, 0.15) is 5.82 Å². The maximum atomic E-state index is 14.0. The van der Waals surface area contributed by atoms with Crippen molar-refractivity contribution in [1.82, 2.24) is 0 Å². The fourth-order valence-corrected chi connectivity index (χ4v) is 2.40. The smallest absolute Gasteiger partial charge is 0.227 e. The molecule has 0 aliphatic rings. The molecule has 22 heavy (non-hydrogen) atoms. The van der Waals surface area contributed by atoms with Gasteiger partial charge in [-0.05, 0) is 18.2 Å². The van der Waals surface area contributed by atoms with Crippen molar-refractivity contribution in [3.63, 3.8) is 0 Å². The first-order chi connectivity index (χ1) is 10.8. The molecule has 0 unspecified atom stereocenters. The lowest BCUT2D eigenvalue weighted by Crippen LogP contribution is -2.39. The molecule has 0 saturated heterocycles. The summed E-state index contributed by atoms with van der Waals surface area (Å²) in [4.78, 5) is 12.4. The molecule has 0 radical (unpaired) electrons. The van der Waals surface area contributed by atoms with Gasteiger partial charge in [0.2, 0.25) is 18.0 Å². The Balaban J connectivity index is 1.96. The molecule has 1 aromatic heterocycles. The summed E-state index contributed by atoms with van der Waals surface area (Å²) in [5.74, 6) is -0.302. The molecule has 3 aromatic rings. The highest BCUT2D eigenvalue weighted by Gasteiger charge is 2.19. The van der Waals surface area contributed by atoms with Gasteiger partial charge in [-0.25, -0.2) is 4.39 Å². The first kappa shape index (κ1) is 14.1. The van der Waals surface area contributed by atoms with E-state index in [1.165, 1.54) is 6.07 Å². The third-order valence-electron chi connectivity index (χ3n) is 3.50. The number of halogens is 1. The van der Waals surface area contributed by atoms with Crippen LogP contribution in [0.15, 0.2) is 79.0 Å². The van der Waals surface area contributed by atoms with E-state index in [4.69, 9.17) is 0 Å². The normalized spacial score (nSPS) is 10.4. The van der Waals surface area contributed by atoms with Gasteiger partial charge in [-0.3, -0.25) is 4.79 Å². The van der Waals surface area contributed by atoms with Crippen molar-refractivity contribution in [3.05, 3.63) is 90.4 Å². The number of carbonyl (C=O) groups excluding carboxylic acids is 1. The fourth-order valence-electron chi connectivity index (χ4n) is 2.40. The Morgan fingerprint density at radius 2 is 1.55 bits per heavy atom. The van der Waals surface area contributed by atoms with Crippen LogP contribution in [0.2, 0.25) is 0 Å². The monoisotopic (exact) mass is 292 g/mol. The molecule has 2 nitrogen and oxygen atoms in total. The van der Waals surface area contributed by atoms with Crippen LogP contribution in [-0.4, -0.2) is 5.78 Å². The third kappa shape index (κ3) is 2.93. The number of carbonyl (C=O) groups is 1. The van der Waals surface area contributed by atoms with E-state index in [0.29, 0.717) is 16.8 Å². The number of nitrogens with zero attached hydrogens (tertiary/aromatic N) is 1. The average molecular weight is 292 g/mol.